The first-order valence-electron chi connectivity index (χ1n) is 7.29. The zero-order valence-corrected chi connectivity index (χ0v) is 12.7. The fourth-order valence-electron chi connectivity index (χ4n) is 2.71. The summed E-state index contributed by atoms with van der Waals surface area (Å²) < 4.78 is 0. The average molecular weight is 261 g/mol. The lowest BCUT2D eigenvalue weighted by molar-refractivity contribution is -0.0150. The Balaban J connectivity index is 2.03. The smallest absolute Gasteiger partial charge is 0.0712 e. The molecule has 0 amide bonds. The molecule has 0 saturated carbocycles. The van der Waals surface area contributed by atoms with Gasteiger partial charge in [0.2, 0.25) is 0 Å². The van der Waals surface area contributed by atoms with Crippen molar-refractivity contribution in [3.05, 3.63) is 35.4 Å². The van der Waals surface area contributed by atoms with E-state index in [4.69, 9.17) is 0 Å². The minimum Gasteiger partial charge on any atom is -0.389 e. The van der Waals surface area contributed by atoms with Crippen LogP contribution in [0.25, 0.3) is 0 Å². The summed E-state index contributed by atoms with van der Waals surface area (Å²) >= 11 is 0. The molecule has 0 bridgehead atoms. The number of rotatable bonds is 2. The molecule has 1 aliphatic rings. The molecule has 1 aromatic carbocycles. The Labute approximate surface area is 117 Å². The molecule has 106 valence electrons. The van der Waals surface area contributed by atoms with Gasteiger partial charge in [0, 0.05) is 19.5 Å². The molecule has 1 aromatic rings. The number of hydrogen-bond acceptors (Lipinski definition) is 2. The predicted molar refractivity (Wildman–Crippen MR) is 80.5 cm³/mol. The van der Waals surface area contributed by atoms with Gasteiger partial charge < -0.3 is 10.0 Å². The van der Waals surface area contributed by atoms with Gasteiger partial charge in [-0.2, -0.15) is 0 Å². The summed E-state index contributed by atoms with van der Waals surface area (Å²) in [4.78, 5) is 2.29. The zero-order chi connectivity index (χ0) is 14.1. The molecule has 1 fully saturated rings. The number of likely N-dealkylation sites (tertiary alicyclic amines) is 1. The third-order valence-electron chi connectivity index (χ3n) is 4.27. The second kappa shape index (κ2) is 5.26. The van der Waals surface area contributed by atoms with E-state index in [-0.39, 0.29) is 5.41 Å². The first-order chi connectivity index (χ1) is 8.78. The quantitative estimate of drug-likeness (QED) is 0.884. The molecule has 0 spiro atoms. The molecule has 19 heavy (non-hydrogen) atoms. The Bertz CT molecular complexity index is 408. The van der Waals surface area contributed by atoms with E-state index in [0.717, 1.165) is 32.4 Å². The number of aliphatic hydroxyl groups is 1. The van der Waals surface area contributed by atoms with E-state index < -0.39 is 5.60 Å². The Kier molecular flexibility index (Phi) is 4.03. The Morgan fingerprint density at radius 3 is 2.11 bits per heavy atom. The second-order valence-electron chi connectivity index (χ2n) is 7.15. The number of nitrogens with zero attached hydrogens (tertiary/aromatic N) is 1. The second-order valence-corrected chi connectivity index (χ2v) is 7.15. The van der Waals surface area contributed by atoms with E-state index in [0.29, 0.717) is 0 Å². The van der Waals surface area contributed by atoms with Crippen LogP contribution in [0.1, 0.15) is 44.7 Å². The van der Waals surface area contributed by atoms with Crippen molar-refractivity contribution in [1.29, 1.82) is 0 Å². The lowest BCUT2D eigenvalue weighted by Gasteiger charge is -2.36. The molecular weight excluding hydrogens is 234 g/mol. The van der Waals surface area contributed by atoms with Crippen molar-refractivity contribution in [1.82, 2.24) is 4.90 Å². The highest BCUT2D eigenvalue weighted by molar-refractivity contribution is 5.28. The Morgan fingerprint density at radius 1 is 1.11 bits per heavy atom. The van der Waals surface area contributed by atoms with Crippen LogP contribution in [0.4, 0.5) is 0 Å². The monoisotopic (exact) mass is 261 g/mol. The largest absolute Gasteiger partial charge is 0.389 e. The molecule has 2 heteroatoms. The highest BCUT2D eigenvalue weighted by atomic mass is 16.3. The maximum atomic E-state index is 10.6. The van der Waals surface area contributed by atoms with Crippen LogP contribution in [0, 0.1) is 0 Å². The van der Waals surface area contributed by atoms with E-state index >= 15 is 0 Å². The van der Waals surface area contributed by atoms with Crippen LogP contribution < -0.4 is 0 Å². The van der Waals surface area contributed by atoms with E-state index in [9.17, 15) is 5.11 Å². The van der Waals surface area contributed by atoms with Gasteiger partial charge in [-0.3, -0.25) is 0 Å². The van der Waals surface area contributed by atoms with Crippen LogP contribution in [-0.2, 0) is 11.8 Å². The molecule has 0 aliphatic carbocycles. The van der Waals surface area contributed by atoms with Crippen LogP contribution in [-0.4, -0.2) is 35.7 Å². The van der Waals surface area contributed by atoms with Gasteiger partial charge in [0.05, 0.1) is 5.60 Å². The summed E-state index contributed by atoms with van der Waals surface area (Å²) in [6.07, 6.45) is 2.54. The molecule has 2 nitrogen and oxygen atoms in total. The van der Waals surface area contributed by atoms with Gasteiger partial charge in [0.15, 0.2) is 0 Å². The molecule has 1 N–H and O–H groups in total. The average Bonchev–Trinajstić information content (AvgIpc) is 2.33. The molecule has 1 heterocycles. The fraction of sp³-hybridized carbons (Fsp3) is 0.647. The minimum atomic E-state index is -0.504. The first-order valence-corrected chi connectivity index (χ1v) is 7.29. The number of piperidine rings is 1. The summed E-state index contributed by atoms with van der Waals surface area (Å²) in [5.41, 5.74) is 2.30. The van der Waals surface area contributed by atoms with Gasteiger partial charge >= 0.3 is 0 Å². The maximum Gasteiger partial charge on any atom is 0.0712 e. The summed E-state index contributed by atoms with van der Waals surface area (Å²) in [5.74, 6) is 0. The van der Waals surface area contributed by atoms with Crippen molar-refractivity contribution in [3.8, 4) is 0 Å². The van der Waals surface area contributed by atoms with E-state index in [1.54, 1.807) is 0 Å². The van der Waals surface area contributed by atoms with E-state index in [1.807, 2.05) is 0 Å². The third kappa shape index (κ3) is 3.80. The molecule has 0 aromatic heterocycles. The maximum absolute atomic E-state index is 10.6. The summed E-state index contributed by atoms with van der Waals surface area (Å²) in [6, 6.07) is 8.76. The topological polar surface area (TPSA) is 23.5 Å². The van der Waals surface area contributed by atoms with Crippen molar-refractivity contribution in [2.75, 3.05) is 20.1 Å². The molecule has 0 atom stereocenters. The summed E-state index contributed by atoms with van der Waals surface area (Å²) in [5, 5.41) is 10.6. The van der Waals surface area contributed by atoms with Crippen LogP contribution >= 0.6 is 0 Å². The number of hydrogen-bond donors (Lipinski definition) is 1. The zero-order valence-electron chi connectivity index (χ0n) is 12.7. The Hall–Kier alpha value is -0.860. The minimum absolute atomic E-state index is 0.197. The standard InChI is InChI=1S/C17H27NO/c1-16(2,3)15-7-5-14(6-8-15)13-17(19)9-11-18(4)12-10-17/h5-8,19H,9-13H2,1-4H3. The van der Waals surface area contributed by atoms with Crippen molar-refractivity contribution in [2.24, 2.45) is 0 Å². The first kappa shape index (κ1) is 14.5. The highest BCUT2D eigenvalue weighted by Crippen LogP contribution is 2.27. The number of benzene rings is 1. The SMILES string of the molecule is CN1CCC(O)(Cc2ccc(C(C)(C)C)cc2)CC1. The predicted octanol–water partition coefficient (Wildman–Crippen LogP) is 2.98. The summed E-state index contributed by atoms with van der Waals surface area (Å²) in [7, 11) is 2.12. The van der Waals surface area contributed by atoms with Crippen LogP contribution in [0.5, 0.6) is 0 Å². The van der Waals surface area contributed by atoms with E-state index in [1.165, 1.54) is 11.1 Å². The van der Waals surface area contributed by atoms with Crippen LogP contribution in [0.15, 0.2) is 24.3 Å². The molecular formula is C17H27NO. The molecule has 1 aliphatic heterocycles. The summed E-state index contributed by atoms with van der Waals surface area (Å²) in [6.45, 7) is 8.68. The van der Waals surface area contributed by atoms with Crippen molar-refractivity contribution >= 4 is 0 Å². The van der Waals surface area contributed by atoms with Gasteiger partial charge in [-0.1, -0.05) is 45.0 Å². The molecule has 0 radical (unpaired) electrons. The van der Waals surface area contributed by atoms with Crippen LogP contribution in [0.3, 0.4) is 0 Å². The lowest BCUT2D eigenvalue weighted by atomic mass is 9.83. The van der Waals surface area contributed by atoms with Crippen LogP contribution in [0.2, 0.25) is 0 Å². The van der Waals surface area contributed by atoms with E-state index in [2.05, 4.69) is 57.0 Å². The van der Waals surface area contributed by atoms with Crippen molar-refractivity contribution in [3.63, 3.8) is 0 Å². The molecule has 1 saturated heterocycles. The highest BCUT2D eigenvalue weighted by Gasteiger charge is 2.31. The van der Waals surface area contributed by atoms with Gasteiger partial charge in [-0.25, -0.2) is 0 Å². The van der Waals surface area contributed by atoms with Gasteiger partial charge in [-0.05, 0) is 36.4 Å². The van der Waals surface area contributed by atoms with Gasteiger partial charge in [0.1, 0.15) is 0 Å². The third-order valence-corrected chi connectivity index (χ3v) is 4.27. The normalized spacial score (nSPS) is 20.5. The van der Waals surface area contributed by atoms with Crippen molar-refractivity contribution in [2.45, 2.75) is 51.0 Å². The van der Waals surface area contributed by atoms with Crippen molar-refractivity contribution < 1.29 is 5.11 Å². The van der Waals surface area contributed by atoms with Gasteiger partial charge in [0.25, 0.3) is 0 Å². The fourth-order valence-corrected chi connectivity index (χ4v) is 2.71. The molecule has 2 rings (SSSR count). The lowest BCUT2D eigenvalue weighted by Crippen LogP contribution is -2.44. The Morgan fingerprint density at radius 2 is 1.63 bits per heavy atom. The van der Waals surface area contributed by atoms with Gasteiger partial charge in [-0.15, -0.1) is 0 Å². The molecule has 0 unspecified atom stereocenters.